The zero-order valence-corrected chi connectivity index (χ0v) is 11.8. The summed E-state index contributed by atoms with van der Waals surface area (Å²) < 4.78 is 13.8. The van der Waals surface area contributed by atoms with Crippen molar-refractivity contribution in [3.05, 3.63) is 29.6 Å². The van der Waals surface area contributed by atoms with Gasteiger partial charge < -0.3 is 10.0 Å². The van der Waals surface area contributed by atoms with Gasteiger partial charge in [0.05, 0.1) is 6.10 Å². The predicted molar refractivity (Wildman–Crippen MR) is 74.4 cm³/mol. The summed E-state index contributed by atoms with van der Waals surface area (Å²) in [5.74, 6) is 0.222. The van der Waals surface area contributed by atoms with Crippen molar-refractivity contribution in [2.24, 2.45) is 5.92 Å². The molecule has 0 heterocycles. The van der Waals surface area contributed by atoms with Crippen LogP contribution in [0, 0.1) is 11.7 Å². The fourth-order valence-electron chi connectivity index (χ4n) is 2.12. The number of benzene rings is 1. The molecule has 102 valence electrons. The third-order valence-corrected chi connectivity index (χ3v) is 3.40. The zero-order chi connectivity index (χ0) is 13.7. The molecule has 18 heavy (non-hydrogen) atoms. The van der Waals surface area contributed by atoms with E-state index in [9.17, 15) is 9.50 Å². The maximum Gasteiger partial charge on any atom is 0.131 e. The molecule has 1 aromatic rings. The van der Waals surface area contributed by atoms with Crippen molar-refractivity contribution >= 4 is 5.69 Å². The highest BCUT2D eigenvalue weighted by molar-refractivity contribution is 5.55. The number of hydrogen-bond donors (Lipinski definition) is 1. The first-order chi connectivity index (χ1) is 8.51. The molecule has 1 unspecified atom stereocenters. The van der Waals surface area contributed by atoms with Crippen molar-refractivity contribution in [1.29, 1.82) is 0 Å². The summed E-state index contributed by atoms with van der Waals surface area (Å²) >= 11 is 0. The third kappa shape index (κ3) is 3.45. The highest BCUT2D eigenvalue weighted by Gasteiger charge is 2.18. The first kappa shape index (κ1) is 15.0. The molecule has 1 rings (SSSR count). The van der Waals surface area contributed by atoms with E-state index in [0.29, 0.717) is 11.5 Å². The van der Waals surface area contributed by atoms with Crippen LogP contribution in [-0.4, -0.2) is 18.2 Å². The zero-order valence-electron chi connectivity index (χ0n) is 11.8. The number of aliphatic hydroxyl groups is 1. The van der Waals surface area contributed by atoms with Gasteiger partial charge in [-0.1, -0.05) is 26.3 Å². The Hall–Kier alpha value is -1.09. The molecule has 0 bridgehead atoms. The minimum Gasteiger partial charge on any atom is -0.389 e. The van der Waals surface area contributed by atoms with Crippen LogP contribution in [0.25, 0.3) is 0 Å². The molecule has 0 aliphatic carbocycles. The minimum atomic E-state index is -0.785. The molecular weight excluding hydrogens is 229 g/mol. The Kier molecular flexibility index (Phi) is 5.60. The van der Waals surface area contributed by atoms with Crippen LogP contribution in [0.15, 0.2) is 18.2 Å². The Bertz CT molecular complexity index is 379. The summed E-state index contributed by atoms with van der Waals surface area (Å²) in [5, 5.41) is 9.75. The molecule has 0 fully saturated rings. The van der Waals surface area contributed by atoms with Gasteiger partial charge in [-0.2, -0.15) is 0 Å². The lowest BCUT2D eigenvalue weighted by molar-refractivity contribution is 0.194. The van der Waals surface area contributed by atoms with E-state index in [1.54, 1.807) is 13.0 Å². The van der Waals surface area contributed by atoms with Gasteiger partial charge in [0, 0.05) is 24.3 Å². The maximum absolute atomic E-state index is 13.8. The molecule has 0 aromatic heterocycles. The second-order valence-electron chi connectivity index (χ2n) is 4.90. The second kappa shape index (κ2) is 6.74. The standard InChI is InChI=1S/C15H24FNO/c1-5-11(3)10-17(6-2)14-9-7-8-13(16)15(14)12(4)18/h7-9,11-12,18H,5-6,10H2,1-4H3/t11?,12-/m1/s1. The first-order valence-electron chi connectivity index (χ1n) is 6.72. The van der Waals surface area contributed by atoms with Crippen molar-refractivity contribution in [2.45, 2.75) is 40.2 Å². The van der Waals surface area contributed by atoms with Crippen LogP contribution in [0.4, 0.5) is 10.1 Å². The van der Waals surface area contributed by atoms with E-state index >= 15 is 0 Å². The summed E-state index contributed by atoms with van der Waals surface area (Å²) in [5.41, 5.74) is 1.22. The number of anilines is 1. The monoisotopic (exact) mass is 253 g/mol. The topological polar surface area (TPSA) is 23.5 Å². The molecule has 0 aliphatic heterocycles. The lowest BCUT2D eigenvalue weighted by atomic mass is 10.0. The Morgan fingerprint density at radius 1 is 1.28 bits per heavy atom. The summed E-state index contributed by atoms with van der Waals surface area (Å²) in [7, 11) is 0. The molecule has 0 amide bonds. The Labute approximate surface area is 109 Å². The Morgan fingerprint density at radius 2 is 1.94 bits per heavy atom. The van der Waals surface area contributed by atoms with Gasteiger partial charge in [0.15, 0.2) is 0 Å². The SMILES string of the molecule is CCC(C)CN(CC)c1cccc(F)c1[C@@H](C)O. The van der Waals surface area contributed by atoms with Crippen molar-refractivity contribution < 1.29 is 9.50 Å². The number of aliphatic hydroxyl groups excluding tert-OH is 1. The fourth-order valence-corrected chi connectivity index (χ4v) is 2.12. The van der Waals surface area contributed by atoms with Crippen LogP contribution >= 0.6 is 0 Å². The molecule has 3 heteroatoms. The van der Waals surface area contributed by atoms with Crippen LogP contribution in [0.1, 0.15) is 45.8 Å². The molecule has 2 atom stereocenters. The molecule has 2 nitrogen and oxygen atoms in total. The maximum atomic E-state index is 13.8. The van der Waals surface area contributed by atoms with E-state index in [2.05, 4.69) is 25.7 Å². The normalized spacial score (nSPS) is 14.3. The Balaban J connectivity index is 3.09. The van der Waals surface area contributed by atoms with E-state index in [4.69, 9.17) is 0 Å². The van der Waals surface area contributed by atoms with E-state index in [-0.39, 0.29) is 5.82 Å². The predicted octanol–water partition coefficient (Wildman–Crippen LogP) is 3.75. The van der Waals surface area contributed by atoms with Crippen LogP contribution in [0.2, 0.25) is 0 Å². The number of rotatable bonds is 6. The lowest BCUT2D eigenvalue weighted by Crippen LogP contribution is -2.29. The van der Waals surface area contributed by atoms with Crippen molar-refractivity contribution in [1.82, 2.24) is 0 Å². The summed E-state index contributed by atoms with van der Waals surface area (Å²) in [6.45, 7) is 9.70. The molecule has 1 aromatic carbocycles. The van der Waals surface area contributed by atoms with Crippen LogP contribution < -0.4 is 4.90 Å². The summed E-state index contributed by atoms with van der Waals surface area (Å²) in [6, 6.07) is 5.00. The average molecular weight is 253 g/mol. The van der Waals surface area contributed by atoms with Gasteiger partial charge in [-0.05, 0) is 31.9 Å². The van der Waals surface area contributed by atoms with Gasteiger partial charge in [0.1, 0.15) is 5.82 Å². The van der Waals surface area contributed by atoms with Crippen molar-refractivity contribution in [2.75, 3.05) is 18.0 Å². The van der Waals surface area contributed by atoms with E-state index in [1.165, 1.54) is 6.07 Å². The third-order valence-electron chi connectivity index (χ3n) is 3.40. The first-order valence-corrected chi connectivity index (χ1v) is 6.72. The quantitative estimate of drug-likeness (QED) is 0.834. The molecule has 0 saturated carbocycles. The van der Waals surface area contributed by atoms with Gasteiger partial charge in [-0.25, -0.2) is 4.39 Å². The molecule has 1 N–H and O–H groups in total. The highest BCUT2D eigenvalue weighted by atomic mass is 19.1. The van der Waals surface area contributed by atoms with Gasteiger partial charge >= 0.3 is 0 Å². The number of halogens is 1. The Morgan fingerprint density at radius 3 is 2.44 bits per heavy atom. The number of hydrogen-bond acceptors (Lipinski definition) is 2. The average Bonchev–Trinajstić information content (AvgIpc) is 2.34. The summed E-state index contributed by atoms with van der Waals surface area (Å²) in [6.07, 6.45) is 0.308. The van der Waals surface area contributed by atoms with Gasteiger partial charge in [0.2, 0.25) is 0 Å². The van der Waals surface area contributed by atoms with Crippen molar-refractivity contribution in [3.8, 4) is 0 Å². The van der Waals surface area contributed by atoms with Crippen LogP contribution in [0.3, 0.4) is 0 Å². The second-order valence-corrected chi connectivity index (χ2v) is 4.90. The number of nitrogens with zero attached hydrogens (tertiary/aromatic N) is 1. The smallest absolute Gasteiger partial charge is 0.131 e. The molecule has 0 aliphatic rings. The molecule has 0 saturated heterocycles. The summed E-state index contributed by atoms with van der Waals surface area (Å²) in [4.78, 5) is 2.14. The molecule has 0 spiro atoms. The van der Waals surface area contributed by atoms with Gasteiger partial charge in [0.25, 0.3) is 0 Å². The van der Waals surface area contributed by atoms with Crippen LogP contribution in [-0.2, 0) is 0 Å². The van der Waals surface area contributed by atoms with Crippen molar-refractivity contribution in [3.63, 3.8) is 0 Å². The van der Waals surface area contributed by atoms with E-state index in [0.717, 1.165) is 25.2 Å². The highest BCUT2D eigenvalue weighted by Crippen LogP contribution is 2.29. The van der Waals surface area contributed by atoms with Gasteiger partial charge in [-0.3, -0.25) is 0 Å². The molecular formula is C15H24FNO. The van der Waals surface area contributed by atoms with E-state index < -0.39 is 6.10 Å². The largest absolute Gasteiger partial charge is 0.389 e. The lowest BCUT2D eigenvalue weighted by Gasteiger charge is -2.29. The van der Waals surface area contributed by atoms with Crippen LogP contribution in [0.5, 0.6) is 0 Å². The fraction of sp³-hybridized carbons (Fsp3) is 0.600. The minimum absolute atomic E-state index is 0.329. The molecule has 0 radical (unpaired) electrons. The van der Waals surface area contributed by atoms with Gasteiger partial charge in [-0.15, -0.1) is 0 Å². The van der Waals surface area contributed by atoms with E-state index in [1.807, 2.05) is 6.07 Å².